The minimum atomic E-state index is -4.40. The Labute approximate surface area is 116 Å². The average molecular weight is 301 g/mol. The van der Waals surface area contributed by atoms with E-state index in [1.807, 2.05) is 0 Å². The fourth-order valence-electron chi connectivity index (χ4n) is 1.45. The second-order valence-electron chi connectivity index (χ2n) is 4.04. The molecule has 2 rings (SSSR count). The number of nitrogens with zero attached hydrogens (tertiary/aromatic N) is 2. The largest absolute Gasteiger partial charge is 0.416 e. The monoisotopic (exact) mass is 301 g/mol. The molecule has 0 saturated heterocycles. The van der Waals surface area contributed by atoms with Gasteiger partial charge in [-0.25, -0.2) is 4.98 Å². The third-order valence-corrected chi connectivity index (χ3v) is 3.32. The number of aromatic nitrogens is 3. The molecule has 0 spiro atoms. The smallest absolute Gasteiger partial charge is 0.299 e. The van der Waals surface area contributed by atoms with Gasteiger partial charge >= 0.3 is 6.18 Å². The van der Waals surface area contributed by atoms with Crippen molar-refractivity contribution in [3.8, 4) is 11.4 Å². The van der Waals surface area contributed by atoms with Gasteiger partial charge in [0, 0.05) is 5.56 Å². The van der Waals surface area contributed by atoms with Crippen molar-refractivity contribution in [2.24, 2.45) is 0 Å². The number of aromatic amines is 1. The van der Waals surface area contributed by atoms with Crippen LogP contribution in [0.15, 0.2) is 29.4 Å². The fraction of sp³-hybridized carbons (Fsp3) is 0.250. The summed E-state index contributed by atoms with van der Waals surface area (Å²) in [5.41, 5.74) is -0.452. The van der Waals surface area contributed by atoms with E-state index in [0.29, 0.717) is 10.7 Å². The zero-order valence-corrected chi connectivity index (χ0v) is 11.2. The van der Waals surface area contributed by atoms with E-state index < -0.39 is 11.7 Å². The van der Waals surface area contributed by atoms with Crippen molar-refractivity contribution in [1.82, 2.24) is 15.2 Å². The Balaban J connectivity index is 2.22. The number of nitrogens with one attached hydrogen (secondary N) is 1. The molecule has 0 saturated carbocycles. The Hall–Kier alpha value is -1.83. The van der Waals surface area contributed by atoms with Crippen molar-refractivity contribution in [2.45, 2.75) is 18.3 Å². The number of rotatable bonds is 4. The quantitative estimate of drug-likeness (QED) is 0.881. The molecule has 1 heterocycles. The number of hydrogen-bond donors (Lipinski definition) is 1. The first kappa shape index (κ1) is 14.6. The normalized spacial score (nSPS) is 11.6. The lowest BCUT2D eigenvalue weighted by Gasteiger charge is -2.06. The van der Waals surface area contributed by atoms with Gasteiger partial charge in [-0.1, -0.05) is 23.9 Å². The van der Waals surface area contributed by atoms with E-state index in [0.717, 1.165) is 23.9 Å². The highest BCUT2D eigenvalue weighted by molar-refractivity contribution is 7.99. The molecule has 1 aromatic carbocycles. The van der Waals surface area contributed by atoms with E-state index in [4.69, 9.17) is 0 Å². The Morgan fingerprint density at radius 2 is 2.15 bits per heavy atom. The molecule has 0 aliphatic heterocycles. The molecule has 0 fully saturated rings. The maximum Gasteiger partial charge on any atom is 0.416 e. The molecule has 0 amide bonds. The van der Waals surface area contributed by atoms with Crippen LogP contribution in [-0.4, -0.2) is 26.7 Å². The summed E-state index contributed by atoms with van der Waals surface area (Å²) in [4.78, 5) is 14.9. The van der Waals surface area contributed by atoms with E-state index in [1.165, 1.54) is 19.1 Å². The van der Waals surface area contributed by atoms with E-state index in [1.54, 1.807) is 0 Å². The van der Waals surface area contributed by atoms with E-state index >= 15 is 0 Å². The van der Waals surface area contributed by atoms with Gasteiger partial charge in [-0.3, -0.25) is 9.89 Å². The topological polar surface area (TPSA) is 58.6 Å². The minimum Gasteiger partial charge on any atom is -0.299 e. The molecule has 0 atom stereocenters. The summed E-state index contributed by atoms with van der Waals surface area (Å²) >= 11 is 1.13. The van der Waals surface area contributed by atoms with E-state index in [-0.39, 0.29) is 17.4 Å². The predicted octanol–water partition coefficient (Wildman–Crippen LogP) is 3.17. The highest BCUT2D eigenvalue weighted by Crippen LogP contribution is 2.31. The Morgan fingerprint density at radius 1 is 1.40 bits per heavy atom. The number of halogens is 3. The van der Waals surface area contributed by atoms with Crippen LogP contribution < -0.4 is 0 Å². The van der Waals surface area contributed by atoms with Gasteiger partial charge in [0.05, 0.1) is 11.3 Å². The minimum absolute atomic E-state index is 0.0274. The van der Waals surface area contributed by atoms with Crippen molar-refractivity contribution < 1.29 is 18.0 Å². The number of benzene rings is 1. The molecule has 1 aromatic heterocycles. The number of hydrogen-bond acceptors (Lipinski definition) is 4. The fourth-order valence-corrected chi connectivity index (χ4v) is 2.05. The molecular weight excluding hydrogens is 291 g/mol. The highest BCUT2D eigenvalue weighted by atomic mass is 32.2. The van der Waals surface area contributed by atoms with Crippen molar-refractivity contribution in [3.63, 3.8) is 0 Å². The van der Waals surface area contributed by atoms with Crippen LogP contribution in [-0.2, 0) is 11.0 Å². The number of thioether (sulfide) groups is 1. The lowest BCUT2D eigenvalue weighted by atomic mass is 10.1. The number of alkyl halides is 3. The molecule has 106 valence electrons. The number of carbonyl (C=O) groups is 1. The lowest BCUT2D eigenvalue weighted by molar-refractivity contribution is -0.137. The first-order valence-corrected chi connectivity index (χ1v) is 6.57. The van der Waals surface area contributed by atoms with E-state index in [9.17, 15) is 18.0 Å². The number of ketones is 1. The molecule has 20 heavy (non-hydrogen) atoms. The molecule has 8 heteroatoms. The molecule has 2 aromatic rings. The van der Waals surface area contributed by atoms with Gasteiger partial charge in [-0.2, -0.15) is 13.2 Å². The van der Waals surface area contributed by atoms with Gasteiger partial charge in [0.1, 0.15) is 5.78 Å². The summed E-state index contributed by atoms with van der Waals surface area (Å²) < 4.78 is 37.8. The van der Waals surface area contributed by atoms with Crippen LogP contribution in [0.5, 0.6) is 0 Å². The summed E-state index contributed by atoms with van der Waals surface area (Å²) in [6, 6.07) is 4.81. The Morgan fingerprint density at radius 3 is 2.80 bits per heavy atom. The van der Waals surface area contributed by atoms with Gasteiger partial charge < -0.3 is 0 Å². The molecule has 0 aliphatic rings. The van der Waals surface area contributed by atoms with Crippen LogP contribution in [0.2, 0.25) is 0 Å². The highest BCUT2D eigenvalue weighted by Gasteiger charge is 2.30. The van der Waals surface area contributed by atoms with Crippen molar-refractivity contribution in [3.05, 3.63) is 29.8 Å². The number of carbonyl (C=O) groups excluding carboxylic acids is 1. The van der Waals surface area contributed by atoms with Crippen LogP contribution >= 0.6 is 11.8 Å². The zero-order valence-electron chi connectivity index (χ0n) is 10.4. The van der Waals surface area contributed by atoms with Crippen LogP contribution in [0, 0.1) is 0 Å². The molecule has 0 radical (unpaired) electrons. The molecular formula is C12H10F3N3OS. The molecule has 1 N–H and O–H groups in total. The van der Waals surface area contributed by atoms with Gasteiger partial charge in [0.2, 0.25) is 5.16 Å². The number of H-pyrrole nitrogens is 1. The average Bonchev–Trinajstić information content (AvgIpc) is 2.84. The second-order valence-corrected chi connectivity index (χ2v) is 4.98. The first-order chi connectivity index (χ1) is 9.36. The standard InChI is InChI=1S/C12H10F3N3OS/c1-7(19)6-20-11-16-10(17-18-11)8-3-2-4-9(5-8)12(13,14)15/h2-5H,6H2,1H3,(H,16,17,18). The van der Waals surface area contributed by atoms with Crippen molar-refractivity contribution >= 4 is 17.5 Å². The molecule has 0 aliphatic carbocycles. The van der Waals surface area contributed by atoms with Crippen LogP contribution in [0.25, 0.3) is 11.4 Å². The third-order valence-electron chi connectivity index (χ3n) is 2.33. The summed E-state index contributed by atoms with van der Waals surface area (Å²) in [5.74, 6) is 0.433. The summed E-state index contributed by atoms with van der Waals surface area (Å²) in [7, 11) is 0. The Bertz CT molecular complexity index is 624. The van der Waals surface area contributed by atoms with Gasteiger partial charge in [-0.15, -0.1) is 5.10 Å². The van der Waals surface area contributed by atoms with Crippen LogP contribution in [0.3, 0.4) is 0 Å². The van der Waals surface area contributed by atoms with Gasteiger partial charge in [0.15, 0.2) is 5.82 Å². The van der Waals surface area contributed by atoms with Crippen molar-refractivity contribution in [1.29, 1.82) is 0 Å². The third kappa shape index (κ3) is 3.60. The predicted molar refractivity (Wildman–Crippen MR) is 68.2 cm³/mol. The summed E-state index contributed by atoms with van der Waals surface area (Å²) in [5, 5.41) is 6.74. The maximum absolute atomic E-state index is 12.6. The molecule has 0 bridgehead atoms. The van der Waals surface area contributed by atoms with Gasteiger partial charge in [-0.05, 0) is 19.1 Å². The Kier molecular flexibility index (Phi) is 4.12. The summed E-state index contributed by atoms with van der Waals surface area (Å²) in [6.45, 7) is 1.44. The van der Waals surface area contributed by atoms with E-state index in [2.05, 4.69) is 15.2 Å². The van der Waals surface area contributed by atoms with Crippen molar-refractivity contribution in [2.75, 3.05) is 5.75 Å². The van der Waals surface area contributed by atoms with Gasteiger partial charge in [0.25, 0.3) is 0 Å². The molecule has 0 unspecified atom stereocenters. The van der Waals surface area contributed by atoms with Crippen LogP contribution in [0.4, 0.5) is 13.2 Å². The molecule has 4 nitrogen and oxygen atoms in total. The maximum atomic E-state index is 12.6. The lowest BCUT2D eigenvalue weighted by Crippen LogP contribution is -2.04. The summed E-state index contributed by atoms with van der Waals surface area (Å²) in [6.07, 6.45) is -4.40. The first-order valence-electron chi connectivity index (χ1n) is 5.58. The van der Waals surface area contributed by atoms with Crippen LogP contribution in [0.1, 0.15) is 12.5 Å². The second kappa shape index (κ2) is 5.66. The number of Topliss-reactive ketones (excluding diaryl/α,β-unsaturated/α-hetero) is 1. The SMILES string of the molecule is CC(=O)CSc1n[nH]c(-c2cccc(C(F)(F)F)c2)n1. The zero-order chi connectivity index (χ0) is 14.8.